The zero-order valence-corrected chi connectivity index (χ0v) is 10.5. The van der Waals surface area contributed by atoms with Crippen LogP contribution < -0.4 is 0 Å². The summed E-state index contributed by atoms with van der Waals surface area (Å²) >= 11 is 0. The van der Waals surface area contributed by atoms with Crippen LogP contribution in [0.3, 0.4) is 0 Å². The maximum absolute atomic E-state index is 12.3. The van der Waals surface area contributed by atoms with Gasteiger partial charge in [-0.1, -0.05) is 48.5 Å². The van der Waals surface area contributed by atoms with Crippen LogP contribution in [0.25, 0.3) is 0 Å². The van der Waals surface area contributed by atoms with Crippen molar-refractivity contribution in [2.45, 2.75) is 12.8 Å². The minimum Gasteiger partial charge on any atom is -0.481 e. The first-order valence-electron chi connectivity index (χ1n) is 6.36. The minimum absolute atomic E-state index is 0.186. The summed E-state index contributed by atoms with van der Waals surface area (Å²) in [7, 11) is 0. The Hall–Kier alpha value is -2.42. The first-order valence-corrected chi connectivity index (χ1v) is 5.86. The molecular formula is C16H14O3. The number of ketones is 1. The summed E-state index contributed by atoms with van der Waals surface area (Å²) in [6, 6.07) is 15.0. The Labute approximate surface area is 112 Å². The van der Waals surface area contributed by atoms with Crippen LogP contribution in [-0.4, -0.2) is 16.9 Å². The average Bonchev–Trinajstić information content (AvgIpc) is 2.47. The number of carbonyl (C=O) groups is 2. The highest BCUT2D eigenvalue weighted by molar-refractivity contribution is 6.09. The number of benzene rings is 2. The van der Waals surface area contributed by atoms with Crippen LogP contribution in [-0.2, 0) is 4.79 Å². The first-order chi connectivity index (χ1) is 9.43. The number of carboxylic acids is 1. The van der Waals surface area contributed by atoms with E-state index >= 15 is 0 Å². The highest BCUT2D eigenvalue weighted by Crippen LogP contribution is 2.18. The maximum Gasteiger partial charge on any atom is 0.310 e. The van der Waals surface area contributed by atoms with Crippen molar-refractivity contribution in [1.29, 1.82) is 0 Å². The lowest BCUT2D eigenvalue weighted by Gasteiger charge is -2.08. The molecule has 2 rings (SSSR count). The second-order valence-electron chi connectivity index (χ2n) is 4.21. The van der Waals surface area contributed by atoms with Gasteiger partial charge in [-0.2, -0.15) is 0 Å². The zero-order valence-electron chi connectivity index (χ0n) is 11.5. The first kappa shape index (κ1) is 11.7. The third kappa shape index (κ3) is 2.88. The number of aliphatic carboxylic acids is 1. The summed E-state index contributed by atoms with van der Waals surface area (Å²) in [5.41, 5.74) is 1.20. The van der Waals surface area contributed by atoms with Gasteiger partial charge in [0.05, 0.1) is 5.89 Å². The summed E-state index contributed by atoms with van der Waals surface area (Å²) in [6.07, 6.45) is 0. The van der Waals surface area contributed by atoms with Crippen molar-refractivity contribution in [3.8, 4) is 0 Å². The number of carbonyl (C=O) groups excluding carboxylic acids is 1. The average molecular weight is 255 g/mol. The Morgan fingerprint density at radius 3 is 2.32 bits per heavy atom. The Morgan fingerprint density at radius 2 is 1.68 bits per heavy atom. The molecule has 2 aromatic carbocycles. The molecule has 3 nitrogen and oxygen atoms in total. The van der Waals surface area contributed by atoms with Gasteiger partial charge in [-0.3, -0.25) is 9.59 Å². The summed E-state index contributed by atoms with van der Waals surface area (Å²) in [5.74, 6) is -3.21. The van der Waals surface area contributed by atoms with Crippen molar-refractivity contribution in [3.05, 3.63) is 71.3 Å². The standard InChI is InChI=1S/C16H14O3/c1-11(16(18)19)13-8-5-9-14(10-13)15(17)12-6-3-2-4-7-12/h2-11H,1H3,(H,18,19)/i11D. The molecule has 19 heavy (non-hydrogen) atoms. The van der Waals surface area contributed by atoms with E-state index in [2.05, 4.69) is 0 Å². The topological polar surface area (TPSA) is 54.4 Å². The van der Waals surface area contributed by atoms with Crippen LogP contribution in [0.1, 0.15) is 35.7 Å². The monoisotopic (exact) mass is 255 g/mol. The van der Waals surface area contributed by atoms with Gasteiger partial charge in [0.2, 0.25) is 0 Å². The van der Waals surface area contributed by atoms with Crippen LogP contribution >= 0.6 is 0 Å². The van der Waals surface area contributed by atoms with E-state index in [0.717, 1.165) is 0 Å². The number of hydrogen-bond acceptors (Lipinski definition) is 2. The lowest BCUT2D eigenvalue weighted by molar-refractivity contribution is -0.138. The Morgan fingerprint density at radius 1 is 1.05 bits per heavy atom. The van der Waals surface area contributed by atoms with E-state index in [4.69, 9.17) is 6.48 Å². The quantitative estimate of drug-likeness (QED) is 0.854. The van der Waals surface area contributed by atoms with Crippen molar-refractivity contribution in [2.24, 2.45) is 0 Å². The van der Waals surface area contributed by atoms with Gasteiger partial charge < -0.3 is 5.11 Å². The third-order valence-electron chi connectivity index (χ3n) is 2.91. The van der Waals surface area contributed by atoms with Crippen molar-refractivity contribution in [2.75, 3.05) is 0 Å². The highest BCUT2D eigenvalue weighted by Gasteiger charge is 2.16. The zero-order chi connectivity index (χ0) is 14.8. The van der Waals surface area contributed by atoms with Crippen molar-refractivity contribution < 1.29 is 16.1 Å². The molecule has 0 saturated carbocycles. The molecule has 3 heteroatoms. The number of rotatable bonds is 4. The summed E-state index contributed by atoms with van der Waals surface area (Å²) in [5, 5.41) is 9.07. The fourth-order valence-electron chi connectivity index (χ4n) is 1.77. The predicted octanol–water partition coefficient (Wildman–Crippen LogP) is 3.11. The molecule has 0 amide bonds. The van der Waals surface area contributed by atoms with Gasteiger partial charge in [-0.15, -0.1) is 0 Å². The summed E-state index contributed by atoms with van der Waals surface area (Å²) in [4.78, 5) is 23.4. The second-order valence-corrected chi connectivity index (χ2v) is 4.21. The summed E-state index contributed by atoms with van der Waals surface area (Å²) in [6.45, 7) is 1.29. The van der Waals surface area contributed by atoms with E-state index in [1.54, 1.807) is 42.5 Å². The third-order valence-corrected chi connectivity index (χ3v) is 2.91. The van der Waals surface area contributed by atoms with Crippen LogP contribution in [0.4, 0.5) is 0 Å². The van der Waals surface area contributed by atoms with Gasteiger partial charge >= 0.3 is 5.97 Å². The van der Waals surface area contributed by atoms with Gasteiger partial charge in [0.1, 0.15) is 0 Å². The Balaban J connectivity index is 2.41. The fourth-order valence-corrected chi connectivity index (χ4v) is 1.77. The molecule has 0 bridgehead atoms. The largest absolute Gasteiger partial charge is 0.481 e. The fraction of sp³-hybridized carbons (Fsp3) is 0.125. The van der Waals surface area contributed by atoms with Gasteiger partial charge in [-0.05, 0) is 18.6 Å². The molecule has 0 saturated heterocycles. The molecular weight excluding hydrogens is 240 g/mol. The van der Waals surface area contributed by atoms with E-state index in [-0.39, 0.29) is 11.3 Å². The molecule has 0 aromatic heterocycles. The summed E-state index contributed by atoms with van der Waals surface area (Å²) < 4.78 is 7.85. The van der Waals surface area contributed by atoms with Crippen molar-refractivity contribution >= 4 is 11.8 Å². The molecule has 1 unspecified atom stereocenters. The maximum atomic E-state index is 12.3. The molecule has 96 valence electrons. The SMILES string of the molecule is [2H]C(C)(C(=O)O)c1cccc(C(=O)c2ccccc2)c1. The predicted molar refractivity (Wildman–Crippen MR) is 72.4 cm³/mol. The van der Waals surface area contributed by atoms with E-state index in [9.17, 15) is 9.59 Å². The van der Waals surface area contributed by atoms with Gasteiger partial charge in [0.25, 0.3) is 0 Å². The minimum atomic E-state index is -1.77. The van der Waals surface area contributed by atoms with Crippen LogP contribution in [0.15, 0.2) is 54.6 Å². The van der Waals surface area contributed by atoms with Crippen LogP contribution in [0, 0.1) is 0 Å². The lowest BCUT2D eigenvalue weighted by atomic mass is 9.96. The van der Waals surface area contributed by atoms with Crippen LogP contribution in [0.5, 0.6) is 0 Å². The molecule has 1 atom stereocenters. The van der Waals surface area contributed by atoms with E-state index in [1.807, 2.05) is 6.07 Å². The lowest BCUT2D eigenvalue weighted by Crippen LogP contribution is -2.09. The molecule has 2 aromatic rings. The highest BCUT2D eigenvalue weighted by atomic mass is 16.4. The molecule has 0 aliphatic heterocycles. The molecule has 0 heterocycles. The molecule has 0 spiro atoms. The smallest absolute Gasteiger partial charge is 0.310 e. The van der Waals surface area contributed by atoms with Gasteiger partial charge in [0.15, 0.2) is 5.78 Å². The van der Waals surface area contributed by atoms with Crippen molar-refractivity contribution in [1.82, 2.24) is 0 Å². The van der Waals surface area contributed by atoms with E-state index in [1.165, 1.54) is 13.0 Å². The Kier molecular flexibility index (Phi) is 3.36. The number of hydrogen-bond donors (Lipinski definition) is 1. The van der Waals surface area contributed by atoms with Crippen LogP contribution in [0.2, 0.25) is 0 Å². The second kappa shape index (κ2) is 5.48. The Bertz CT molecular complexity index is 648. The molecule has 1 N–H and O–H groups in total. The molecule has 0 fully saturated rings. The van der Waals surface area contributed by atoms with E-state index in [0.29, 0.717) is 11.1 Å². The molecule has 0 radical (unpaired) electrons. The number of carboxylic acid groups (broad SMARTS) is 1. The molecule has 0 aliphatic carbocycles. The van der Waals surface area contributed by atoms with E-state index < -0.39 is 11.9 Å². The molecule has 0 aliphatic rings. The van der Waals surface area contributed by atoms with Gasteiger partial charge in [-0.25, -0.2) is 0 Å². The normalized spacial score (nSPS) is 14.3. The van der Waals surface area contributed by atoms with Crippen molar-refractivity contribution in [3.63, 3.8) is 0 Å². The van der Waals surface area contributed by atoms with Gasteiger partial charge in [0, 0.05) is 12.5 Å².